The van der Waals surface area contributed by atoms with Gasteiger partial charge in [0.2, 0.25) is 0 Å². The van der Waals surface area contributed by atoms with E-state index in [1.165, 1.54) is 0 Å². The molecule has 1 amide bonds. The van der Waals surface area contributed by atoms with Crippen molar-refractivity contribution in [2.45, 2.75) is 19.8 Å². The normalized spacial score (nSPS) is 14.8. The molecule has 0 aliphatic carbocycles. The van der Waals surface area contributed by atoms with Crippen molar-refractivity contribution < 1.29 is 9.53 Å². The summed E-state index contributed by atoms with van der Waals surface area (Å²) in [4.78, 5) is 12.5. The Kier molecular flexibility index (Phi) is 5.48. The zero-order valence-corrected chi connectivity index (χ0v) is 16.0. The van der Waals surface area contributed by atoms with Crippen molar-refractivity contribution in [3.8, 4) is 16.8 Å². The third-order valence-corrected chi connectivity index (χ3v) is 5.22. The van der Waals surface area contributed by atoms with Gasteiger partial charge in [0, 0.05) is 19.8 Å². The molecular formula is C22H24N4O2. The van der Waals surface area contributed by atoms with E-state index in [1.807, 2.05) is 37.3 Å². The summed E-state index contributed by atoms with van der Waals surface area (Å²) in [5.74, 6) is 0.301. The molecule has 2 aromatic carbocycles. The van der Waals surface area contributed by atoms with Crippen molar-refractivity contribution in [1.29, 1.82) is 0 Å². The molecule has 0 saturated carbocycles. The van der Waals surface area contributed by atoms with Crippen LogP contribution in [0.1, 0.15) is 29.0 Å². The lowest BCUT2D eigenvalue weighted by Crippen LogP contribution is -2.32. The molecule has 0 bridgehead atoms. The van der Waals surface area contributed by atoms with Crippen LogP contribution < -0.4 is 5.32 Å². The molecule has 144 valence electrons. The molecular weight excluding hydrogens is 352 g/mol. The molecule has 6 heteroatoms. The zero-order chi connectivity index (χ0) is 19.3. The molecule has 1 saturated heterocycles. The second kappa shape index (κ2) is 8.35. The monoisotopic (exact) mass is 376 g/mol. The molecule has 1 N–H and O–H groups in total. The Hall–Kier alpha value is -2.99. The minimum absolute atomic E-state index is 0.170. The lowest BCUT2D eigenvalue weighted by Gasteiger charge is -2.21. The van der Waals surface area contributed by atoms with Gasteiger partial charge >= 0.3 is 0 Å². The van der Waals surface area contributed by atoms with E-state index in [9.17, 15) is 4.79 Å². The van der Waals surface area contributed by atoms with Crippen LogP contribution in [0.25, 0.3) is 16.8 Å². The molecule has 3 aromatic rings. The number of benzene rings is 2. The minimum atomic E-state index is -0.170. The highest BCUT2D eigenvalue weighted by Gasteiger charge is 2.20. The first-order chi connectivity index (χ1) is 13.7. The second-order valence-electron chi connectivity index (χ2n) is 7.11. The molecule has 0 atom stereocenters. The van der Waals surface area contributed by atoms with Gasteiger partial charge in [0.15, 0.2) is 5.69 Å². The minimum Gasteiger partial charge on any atom is -0.381 e. The van der Waals surface area contributed by atoms with Gasteiger partial charge in [0.25, 0.3) is 5.91 Å². The van der Waals surface area contributed by atoms with Gasteiger partial charge in [-0.2, -0.15) is 0 Å². The summed E-state index contributed by atoms with van der Waals surface area (Å²) in [6.45, 7) is 4.07. The highest BCUT2D eigenvalue weighted by atomic mass is 16.5. The Bertz CT molecular complexity index is 929. The van der Waals surface area contributed by atoms with Gasteiger partial charge in [0.1, 0.15) is 0 Å². The molecule has 4 rings (SSSR count). The summed E-state index contributed by atoms with van der Waals surface area (Å²) in [5.41, 5.74) is 4.29. The average Bonchev–Trinajstić information content (AvgIpc) is 3.15. The Balaban J connectivity index is 1.46. The third kappa shape index (κ3) is 3.97. The van der Waals surface area contributed by atoms with Gasteiger partial charge in [-0.15, -0.1) is 5.10 Å². The van der Waals surface area contributed by atoms with E-state index in [4.69, 9.17) is 4.74 Å². The Labute approximate surface area is 164 Å². The number of hydrogen-bond acceptors (Lipinski definition) is 4. The van der Waals surface area contributed by atoms with E-state index >= 15 is 0 Å². The second-order valence-corrected chi connectivity index (χ2v) is 7.11. The quantitative estimate of drug-likeness (QED) is 0.741. The Morgan fingerprint density at radius 3 is 2.46 bits per heavy atom. The number of aromatic nitrogens is 3. The standard InChI is InChI=1S/C22H24N4O2/c1-16-21(22(27)23-15-17-11-13-28-14-12-17)24-25-26(16)20-9-7-19(8-10-20)18-5-3-2-4-6-18/h2-10,17H,11-15H2,1H3,(H,23,27). The number of carbonyl (C=O) groups excluding carboxylic acids is 1. The zero-order valence-electron chi connectivity index (χ0n) is 16.0. The fraction of sp³-hybridized carbons (Fsp3) is 0.318. The predicted octanol–water partition coefficient (Wildman–Crippen LogP) is 3.40. The Morgan fingerprint density at radius 2 is 1.75 bits per heavy atom. The van der Waals surface area contributed by atoms with Crippen molar-refractivity contribution in [3.05, 3.63) is 66.0 Å². The fourth-order valence-electron chi connectivity index (χ4n) is 3.48. The van der Waals surface area contributed by atoms with Gasteiger partial charge in [-0.3, -0.25) is 4.79 Å². The van der Waals surface area contributed by atoms with Crippen LogP contribution in [-0.2, 0) is 4.74 Å². The van der Waals surface area contributed by atoms with E-state index in [0.29, 0.717) is 18.2 Å². The van der Waals surface area contributed by atoms with Crippen LogP contribution in [0.2, 0.25) is 0 Å². The van der Waals surface area contributed by atoms with Crippen LogP contribution in [0, 0.1) is 12.8 Å². The highest BCUT2D eigenvalue weighted by Crippen LogP contribution is 2.21. The van der Waals surface area contributed by atoms with Gasteiger partial charge in [-0.1, -0.05) is 47.7 Å². The maximum atomic E-state index is 12.5. The smallest absolute Gasteiger partial charge is 0.273 e. The molecule has 6 nitrogen and oxygen atoms in total. The number of hydrogen-bond donors (Lipinski definition) is 1. The topological polar surface area (TPSA) is 69.0 Å². The summed E-state index contributed by atoms with van der Waals surface area (Å²) < 4.78 is 7.07. The van der Waals surface area contributed by atoms with Crippen molar-refractivity contribution >= 4 is 5.91 Å². The molecule has 0 spiro atoms. The molecule has 1 aromatic heterocycles. The van der Waals surface area contributed by atoms with Crippen LogP contribution in [0.4, 0.5) is 0 Å². The van der Waals surface area contributed by atoms with Crippen molar-refractivity contribution in [2.75, 3.05) is 19.8 Å². The molecule has 1 fully saturated rings. The van der Waals surface area contributed by atoms with Crippen LogP contribution in [0.3, 0.4) is 0 Å². The summed E-state index contributed by atoms with van der Waals surface area (Å²) in [6, 6.07) is 18.3. The van der Waals surface area contributed by atoms with Gasteiger partial charge in [-0.25, -0.2) is 4.68 Å². The largest absolute Gasteiger partial charge is 0.381 e. The summed E-state index contributed by atoms with van der Waals surface area (Å²) in [7, 11) is 0. The lowest BCUT2D eigenvalue weighted by molar-refractivity contribution is 0.0642. The molecule has 2 heterocycles. The predicted molar refractivity (Wildman–Crippen MR) is 107 cm³/mol. The first-order valence-corrected chi connectivity index (χ1v) is 9.66. The number of carbonyl (C=O) groups is 1. The molecule has 0 unspecified atom stereocenters. The van der Waals surface area contributed by atoms with Crippen LogP contribution in [-0.4, -0.2) is 40.7 Å². The SMILES string of the molecule is Cc1c(C(=O)NCC2CCOCC2)nnn1-c1ccc(-c2ccccc2)cc1. The lowest BCUT2D eigenvalue weighted by atomic mass is 10.0. The summed E-state index contributed by atoms with van der Waals surface area (Å²) in [5, 5.41) is 11.3. The summed E-state index contributed by atoms with van der Waals surface area (Å²) in [6.07, 6.45) is 1.97. The molecule has 28 heavy (non-hydrogen) atoms. The van der Waals surface area contributed by atoms with Crippen molar-refractivity contribution in [1.82, 2.24) is 20.3 Å². The van der Waals surface area contributed by atoms with Crippen LogP contribution in [0.15, 0.2) is 54.6 Å². The van der Waals surface area contributed by atoms with E-state index < -0.39 is 0 Å². The van der Waals surface area contributed by atoms with Crippen molar-refractivity contribution in [3.63, 3.8) is 0 Å². The number of nitrogens with zero attached hydrogens (tertiary/aromatic N) is 3. The average molecular weight is 376 g/mol. The number of rotatable bonds is 5. The van der Waals surface area contributed by atoms with Gasteiger partial charge in [-0.05, 0) is 48.9 Å². The highest BCUT2D eigenvalue weighted by molar-refractivity contribution is 5.93. The maximum absolute atomic E-state index is 12.5. The van der Waals surface area contributed by atoms with Gasteiger partial charge in [0.05, 0.1) is 11.4 Å². The first-order valence-electron chi connectivity index (χ1n) is 9.66. The van der Waals surface area contributed by atoms with E-state index in [2.05, 4.69) is 39.9 Å². The van der Waals surface area contributed by atoms with Crippen LogP contribution >= 0.6 is 0 Å². The fourth-order valence-corrected chi connectivity index (χ4v) is 3.48. The van der Waals surface area contributed by atoms with Crippen LogP contribution in [0.5, 0.6) is 0 Å². The van der Waals surface area contributed by atoms with E-state index in [0.717, 1.165) is 48.6 Å². The molecule has 1 aliphatic heterocycles. The molecule has 0 radical (unpaired) electrons. The van der Waals surface area contributed by atoms with Crippen molar-refractivity contribution in [2.24, 2.45) is 5.92 Å². The number of nitrogens with one attached hydrogen (secondary N) is 1. The first kappa shape index (κ1) is 18.4. The Morgan fingerprint density at radius 1 is 1.07 bits per heavy atom. The third-order valence-electron chi connectivity index (χ3n) is 5.22. The van der Waals surface area contributed by atoms with E-state index in [1.54, 1.807) is 4.68 Å². The number of amides is 1. The van der Waals surface area contributed by atoms with E-state index in [-0.39, 0.29) is 5.91 Å². The maximum Gasteiger partial charge on any atom is 0.273 e. The molecule has 1 aliphatic rings. The number of ether oxygens (including phenoxy) is 1. The van der Waals surface area contributed by atoms with Gasteiger partial charge < -0.3 is 10.1 Å². The summed E-state index contributed by atoms with van der Waals surface area (Å²) >= 11 is 0.